The minimum atomic E-state index is 0.547. The molecule has 0 amide bonds. The van der Waals surface area contributed by atoms with Crippen LogP contribution in [-0.2, 0) is 0 Å². The normalized spacial score (nSPS) is 39.0. The zero-order chi connectivity index (χ0) is 10.8. The van der Waals surface area contributed by atoms with Crippen molar-refractivity contribution in [3.63, 3.8) is 0 Å². The van der Waals surface area contributed by atoms with E-state index in [2.05, 4.69) is 10.2 Å². The van der Waals surface area contributed by atoms with Crippen LogP contribution >= 0.6 is 0 Å². The van der Waals surface area contributed by atoms with Gasteiger partial charge in [0.25, 0.3) is 0 Å². The maximum absolute atomic E-state index is 3.77. The van der Waals surface area contributed by atoms with Gasteiger partial charge in [0.15, 0.2) is 0 Å². The second-order valence-corrected chi connectivity index (χ2v) is 6.22. The van der Waals surface area contributed by atoms with Crippen molar-refractivity contribution in [2.45, 2.75) is 56.9 Å². The lowest BCUT2D eigenvalue weighted by atomic mass is 9.86. The Morgan fingerprint density at radius 3 is 2.62 bits per heavy atom. The van der Waals surface area contributed by atoms with E-state index in [4.69, 9.17) is 0 Å². The van der Waals surface area contributed by atoms with Crippen molar-refractivity contribution >= 4 is 0 Å². The molecule has 1 spiro atoms. The summed E-state index contributed by atoms with van der Waals surface area (Å²) < 4.78 is 0. The molecule has 2 aliphatic heterocycles. The Labute approximate surface area is 99.8 Å². The highest BCUT2D eigenvalue weighted by Gasteiger charge is 2.40. The zero-order valence-electron chi connectivity index (χ0n) is 10.5. The Morgan fingerprint density at radius 1 is 1.00 bits per heavy atom. The first-order valence-corrected chi connectivity index (χ1v) is 7.35. The van der Waals surface area contributed by atoms with E-state index in [0.29, 0.717) is 5.54 Å². The van der Waals surface area contributed by atoms with Gasteiger partial charge >= 0.3 is 0 Å². The average Bonchev–Trinajstić information content (AvgIpc) is 2.61. The third-order valence-corrected chi connectivity index (χ3v) is 5.11. The quantitative estimate of drug-likeness (QED) is 0.677. The van der Waals surface area contributed by atoms with Gasteiger partial charge in [0.1, 0.15) is 0 Å². The minimum Gasteiger partial charge on any atom is -0.315 e. The van der Waals surface area contributed by atoms with Crippen molar-refractivity contribution < 1.29 is 0 Å². The lowest BCUT2D eigenvalue weighted by molar-refractivity contribution is 0.0515. The van der Waals surface area contributed by atoms with Crippen LogP contribution in [0.15, 0.2) is 0 Å². The maximum atomic E-state index is 3.77. The van der Waals surface area contributed by atoms with E-state index in [1.54, 1.807) is 0 Å². The van der Waals surface area contributed by atoms with Crippen molar-refractivity contribution in [1.29, 1.82) is 0 Å². The summed E-state index contributed by atoms with van der Waals surface area (Å²) in [5.41, 5.74) is 0.547. The van der Waals surface area contributed by atoms with Crippen molar-refractivity contribution in [3.05, 3.63) is 0 Å². The van der Waals surface area contributed by atoms with E-state index in [1.165, 1.54) is 77.5 Å². The molecule has 3 rings (SSSR count). The van der Waals surface area contributed by atoms with E-state index in [9.17, 15) is 0 Å². The van der Waals surface area contributed by atoms with Crippen LogP contribution in [0.25, 0.3) is 0 Å². The Hall–Kier alpha value is -0.0800. The number of hydrogen-bond acceptors (Lipinski definition) is 2. The fourth-order valence-corrected chi connectivity index (χ4v) is 4.16. The summed E-state index contributed by atoms with van der Waals surface area (Å²) in [5.74, 6) is 0.941. The van der Waals surface area contributed by atoms with Gasteiger partial charge in [-0.05, 0) is 44.7 Å². The molecule has 2 saturated heterocycles. The molecule has 0 aromatic carbocycles. The van der Waals surface area contributed by atoms with Gasteiger partial charge in [-0.25, -0.2) is 0 Å². The first-order valence-electron chi connectivity index (χ1n) is 7.35. The number of hydrogen-bond donors (Lipinski definition) is 1. The fourth-order valence-electron chi connectivity index (χ4n) is 4.16. The van der Waals surface area contributed by atoms with Gasteiger partial charge in [0.2, 0.25) is 0 Å². The standard InChI is InChI=1S/C14H26N2/c1-2-4-8-14(7-3-1)12-15-10-13-6-5-9-16(14)11-13/h13,15H,1-12H2. The van der Waals surface area contributed by atoms with Crippen molar-refractivity contribution in [2.24, 2.45) is 5.92 Å². The molecule has 2 unspecified atom stereocenters. The maximum Gasteiger partial charge on any atom is 0.0334 e. The highest BCUT2D eigenvalue weighted by Crippen LogP contribution is 2.36. The lowest BCUT2D eigenvalue weighted by Gasteiger charge is -2.45. The van der Waals surface area contributed by atoms with Crippen LogP contribution in [-0.4, -0.2) is 36.6 Å². The predicted molar refractivity (Wildman–Crippen MR) is 67.6 cm³/mol. The molecule has 1 aliphatic carbocycles. The highest BCUT2D eigenvalue weighted by molar-refractivity contribution is 4.98. The Morgan fingerprint density at radius 2 is 1.81 bits per heavy atom. The highest BCUT2D eigenvalue weighted by atomic mass is 15.2. The first kappa shape index (κ1) is 11.0. The van der Waals surface area contributed by atoms with E-state index in [-0.39, 0.29) is 0 Å². The SMILES string of the molecule is C1CCCC2(CC1)CNCC1CCCN2C1. The van der Waals surface area contributed by atoms with Gasteiger partial charge in [0, 0.05) is 18.6 Å². The van der Waals surface area contributed by atoms with Crippen LogP contribution in [0.1, 0.15) is 51.4 Å². The van der Waals surface area contributed by atoms with Gasteiger partial charge in [-0.1, -0.05) is 25.7 Å². The third kappa shape index (κ3) is 2.02. The summed E-state index contributed by atoms with van der Waals surface area (Å²) in [4.78, 5) is 2.87. The molecule has 0 aromatic rings. The van der Waals surface area contributed by atoms with E-state index >= 15 is 0 Å². The smallest absolute Gasteiger partial charge is 0.0334 e. The lowest BCUT2D eigenvalue weighted by Crippen LogP contribution is -2.54. The number of nitrogens with zero attached hydrogens (tertiary/aromatic N) is 1. The van der Waals surface area contributed by atoms with Crippen LogP contribution in [0.4, 0.5) is 0 Å². The summed E-state index contributed by atoms with van der Waals surface area (Å²) in [6.45, 7) is 5.30. The Bertz CT molecular complexity index is 231. The average molecular weight is 222 g/mol. The molecule has 2 nitrogen and oxygen atoms in total. The first-order chi connectivity index (χ1) is 7.89. The topological polar surface area (TPSA) is 15.3 Å². The molecule has 2 heteroatoms. The molecule has 1 saturated carbocycles. The van der Waals surface area contributed by atoms with Crippen molar-refractivity contribution in [2.75, 3.05) is 26.2 Å². The van der Waals surface area contributed by atoms with Gasteiger partial charge < -0.3 is 5.32 Å². The molecule has 2 atom stereocenters. The molecule has 16 heavy (non-hydrogen) atoms. The second-order valence-electron chi connectivity index (χ2n) is 6.22. The predicted octanol–water partition coefficient (Wildman–Crippen LogP) is 2.39. The molecule has 3 aliphatic rings. The molecule has 92 valence electrons. The van der Waals surface area contributed by atoms with Gasteiger partial charge in [-0.2, -0.15) is 0 Å². The largest absolute Gasteiger partial charge is 0.315 e. The molecule has 0 aromatic heterocycles. The monoisotopic (exact) mass is 222 g/mol. The Balaban J connectivity index is 1.79. The molecule has 2 heterocycles. The van der Waals surface area contributed by atoms with E-state index in [0.717, 1.165) is 5.92 Å². The molecular weight excluding hydrogens is 196 g/mol. The summed E-state index contributed by atoms with van der Waals surface area (Å²) in [6.07, 6.45) is 11.7. The van der Waals surface area contributed by atoms with Crippen LogP contribution in [0.3, 0.4) is 0 Å². The van der Waals surface area contributed by atoms with Crippen LogP contribution < -0.4 is 5.32 Å². The van der Waals surface area contributed by atoms with Gasteiger partial charge in [-0.3, -0.25) is 4.90 Å². The molecule has 1 N–H and O–H groups in total. The number of rotatable bonds is 0. The van der Waals surface area contributed by atoms with E-state index < -0.39 is 0 Å². The van der Waals surface area contributed by atoms with Crippen LogP contribution in [0.5, 0.6) is 0 Å². The zero-order valence-corrected chi connectivity index (χ0v) is 10.5. The molecule has 2 bridgehead atoms. The summed E-state index contributed by atoms with van der Waals surface area (Å²) in [5, 5.41) is 3.77. The van der Waals surface area contributed by atoms with Crippen molar-refractivity contribution in [3.8, 4) is 0 Å². The Kier molecular flexibility index (Phi) is 3.21. The third-order valence-electron chi connectivity index (χ3n) is 5.11. The van der Waals surface area contributed by atoms with E-state index in [1.807, 2.05) is 0 Å². The summed E-state index contributed by atoms with van der Waals surface area (Å²) in [6, 6.07) is 0. The second kappa shape index (κ2) is 4.66. The number of nitrogens with one attached hydrogen (secondary N) is 1. The van der Waals surface area contributed by atoms with Gasteiger partial charge in [-0.15, -0.1) is 0 Å². The molecule has 3 fully saturated rings. The van der Waals surface area contributed by atoms with Crippen molar-refractivity contribution in [1.82, 2.24) is 10.2 Å². The van der Waals surface area contributed by atoms with Crippen LogP contribution in [0.2, 0.25) is 0 Å². The van der Waals surface area contributed by atoms with Crippen LogP contribution in [0, 0.1) is 5.92 Å². The molecule has 0 radical (unpaired) electrons. The number of fused-ring (bicyclic) bond motifs is 3. The minimum absolute atomic E-state index is 0.547. The van der Waals surface area contributed by atoms with Gasteiger partial charge in [0.05, 0.1) is 0 Å². The number of piperidine rings is 1. The summed E-state index contributed by atoms with van der Waals surface area (Å²) in [7, 11) is 0. The molecular formula is C14H26N2. The summed E-state index contributed by atoms with van der Waals surface area (Å²) >= 11 is 0. The fraction of sp³-hybridized carbons (Fsp3) is 1.00.